The summed E-state index contributed by atoms with van der Waals surface area (Å²) in [5, 5.41) is 1.07. The van der Waals surface area contributed by atoms with Gasteiger partial charge in [-0.1, -0.05) is 54.6 Å². The molecule has 0 aliphatic heterocycles. The van der Waals surface area contributed by atoms with Crippen LogP contribution >= 0.6 is 0 Å². The van der Waals surface area contributed by atoms with Gasteiger partial charge in [0.2, 0.25) is 0 Å². The maximum Gasteiger partial charge on any atom is 0.159 e. The smallest absolute Gasteiger partial charge is 0.159 e. The van der Waals surface area contributed by atoms with Crippen molar-refractivity contribution in [2.75, 3.05) is 0 Å². The lowest BCUT2D eigenvalue weighted by molar-refractivity contribution is -0.119. The second kappa shape index (κ2) is 5.85. The zero-order valence-electron chi connectivity index (χ0n) is 11.6. The highest BCUT2D eigenvalue weighted by atomic mass is 16.1. The van der Waals surface area contributed by atoms with Crippen LogP contribution in [0.5, 0.6) is 0 Å². The quantitative estimate of drug-likeness (QED) is 0.796. The van der Waals surface area contributed by atoms with E-state index in [2.05, 4.69) is 4.98 Å². The first kappa shape index (κ1) is 13.5. The van der Waals surface area contributed by atoms with Crippen LogP contribution in [0.2, 0.25) is 0 Å². The Balaban J connectivity index is 1.80. The van der Waals surface area contributed by atoms with Crippen LogP contribution in [0.4, 0.5) is 0 Å². The van der Waals surface area contributed by atoms with Crippen molar-refractivity contribution in [1.29, 1.82) is 0 Å². The number of pyridine rings is 1. The fraction of sp³-hybridized carbons (Fsp3) is 0.111. The summed E-state index contributed by atoms with van der Waals surface area (Å²) in [7, 11) is 0. The first-order chi connectivity index (χ1) is 10.2. The van der Waals surface area contributed by atoms with Crippen LogP contribution in [-0.2, 0) is 11.2 Å². The van der Waals surface area contributed by atoms with Crippen LogP contribution in [0.25, 0.3) is 10.9 Å². The number of rotatable bonds is 4. The summed E-state index contributed by atoms with van der Waals surface area (Å²) in [4.78, 5) is 16.8. The summed E-state index contributed by atoms with van der Waals surface area (Å²) in [6.07, 6.45) is 0.251. The van der Waals surface area contributed by atoms with Crippen molar-refractivity contribution in [3.8, 4) is 0 Å². The second-order valence-electron chi connectivity index (χ2n) is 5.03. The third kappa shape index (κ3) is 2.98. The molecule has 3 aromatic rings. The lowest BCUT2D eigenvalue weighted by atomic mass is 10.0. The van der Waals surface area contributed by atoms with Gasteiger partial charge < -0.3 is 5.73 Å². The zero-order valence-corrected chi connectivity index (χ0v) is 11.6. The fourth-order valence-corrected chi connectivity index (χ4v) is 2.34. The van der Waals surface area contributed by atoms with E-state index in [0.29, 0.717) is 0 Å². The number of carbonyl (C=O) groups excluding carboxylic acids is 1. The molecule has 0 aliphatic carbocycles. The average molecular weight is 276 g/mol. The molecular weight excluding hydrogens is 260 g/mol. The van der Waals surface area contributed by atoms with Crippen molar-refractivity contribution in [3.63, 3.8) is 0 Å². The van der Waals surface area contributed by atoms with E-state index in [1.807, 2.05) is 66.7 Å². The van der Waals surface area contributed by atoms with Gasteiger partial charge in [-0.3, -0.25) is 9.78 Å². The Morgan fingerprint density at radius 3 is 2.48 bits per heavy atom. The summed E-state index contributed by atoms with van der Waals surface area (Å²) in [6, 6.07) is 20.6. The lowest BCUT2D eigenvalue weighted by Gasteiger charge is -2.10. The van der Waals surface area contributed by atoms with Gasteiger partial charge in [-0.2, -0.15) is 0 Å². The van der Waals surface area contributed by atoms with E-state index in [1.54, 1.807) is 0 Å². The summed E-state index contributed by atoms with van der Waals surface area (Å²) in [5.41, 5.74) is 8.51. The number of benzene rings is 2. The van der Waals surface area contributed by atoms with E-state index in [9.17, 15) is 4.79 Å². The number of nitrogens with two attached hydrogens (primary N) is 1. The summed E-state index contributed by atoms with van der Waals surface area (Å²) < 4.78 is 0. The lowest BCUT2D eigenvalue weighted by Crippen LogP contribution is -2.23. The third-order valence-electron chi connectivity index (χ3n) is 3.52. The van der Waals surface area contributed by atoms with Crippen LogP contribution in [-0.4, -0.2) is 10.8 Å². The van der Waals surface area contributed by atoms with E-state index in [4.69, 9.17) is 5.73 Å². The molecule has 3 rings (SSSR count). The van der Waals surface area contributed by atoms with E-state index in [0.717, 1.165) is 22.2 Å². The number of aromatic nitrogens is 1. The Morgan fingerprint density at radius 2 is 1.67 bits per heavy atom. The summed E-state index contributed by atoms with van der Waals surface area (Å²) >= 11 is 0. The van der Waals surface area contributed by atoms with E-state index in [1.165, 1.54) is 0 Å². The minimum absolute atomic E-state index is 0.0241. The zero-order chi connectivity index (χ0) is 14.7. The van der Waals surface area contributed by atoms with Crippen LogP contribution in [0.15, 0.2) is 66.7 Å². The van der Waals surface area contributed by atoms with Gasteiger partial charge in [0.25, 0.3) is 0 Å². The van der Waals surface area contributed by atoms with Gasteiger partial charge in [0.1, 0.15) is 0 Å². The molecule has 0 saturated carbocycles. The number of hydrogen-bond donors (Lipinski definition) is 1. The molecule has 0 amide bonds. The Morgan fingerprint density at radius 1 is 0.952 bits per heavy atom. The minimum atomic E-state index is -0.598. The highest BCUT2D eigenvalue weighted by Crippen LogP contribution is 2.15. The number of nitrogens with zero attached hydrogens (tertiary/aromatic N) is 1. The molecule has 2 N–H and O–H groups in total. The topological polar surface area (TPSA) is 56.0 Å². The van der Waals surface area contributed by atoms with Gasteiger partial charge in [-0.25, -0.2) is 0 Å². The molecule has 104 valence electrons. The number of para-hydroxylation sites is 1. The summed E-state index contributed by atoms with van der Waals surface area (Å²) in [5.74, 6) is -0.0241. The largest absolute Gasteiger partial charge is 0.318 e. The minimum Gasteiger partial charge on any atom is -0.318 e. The monoisotopic (exact) mass is 276 g/mol. The van der Waals surface area contributed by atoms with Crippen molar-refractivity contribution in [2.45, 2.75) is 12.5 Å². The van der Waals surface area contributed by atoms with Crippen LogP contribution < -0.4 is 5.73 Å². The van der Waals surface area contributed by atoms with Gasteiger partial charge in [-0.05, 0) is 17.7 Å². The number of Topliss-reactive ketones (excluding diaryl/α,β-unsaturated/α-hetero) is 1. The highest BCUT2D eigenvalue weighted by molar-refractivity contribution is 5.87. The molecule has 0 spiro atoms. The molecule has 1 aromatic heterocycles. The second-order valence-corrected chi connectivity index (χ2v) is 5.03. The SMILES string of the molecule is N[C@@H](C(=O)Cc1ccc2ccccc2n1)c1ccccc1. The molecule has 3 heteroatoms. The number of hydrogen-bond acceptors (Lipinski definition) is 3. The molecule has 0 radical (unpaired) electrons. The van der Waals surface area contributed by atoms with E-state index in [-0.39, 0.29) is 12.2 Å². The van der Waals surface area contributed by atoms with Crippen molar-refractivity contribution < 1.29 is 4.79 Å². The number of fused-ring (bicyclic) bond motifs is 1. The standard InChI is InChI=1S/C18H16N2O/c19-18(14-7-2-1-3-8-14)17(21)12-15-11-10-13-6-4-5-9-16(13)20-15/h1-11,18H,12,19H2/t18-/m1/s1. The van der Waals surface area contributed by atoms with Gasteiger partial charge in [0.05, 0.1) is 18.0 Å². The first-order valence-electron chi connectivity index (χ1n) is 6.92. The third-order valence-corrected chi connectivity index (χ3v) is 3.52. The molecule has 0 unspecified atom stereocenters. The van der Waals surface area contributed by atoms with Crippen molar-refractivity contribution >= 4 is 16.7 Å². The van der Waals surface area contributed by atoms with Crippen LogP contribution in [0, 0.1) is 0 Å². The molecule has 1 heterocycles. The predicted octanol–water partition coefficient (Wildman–Crippen LogP) is 3.05. The van der Waals surface area contributed by atoms with Crippen molar-refractivity contribution in [2.24, 2.45) is 5.73 Å². The molecule has 0 aliphatic rings. The van der Waals surface area contributed by atoms with E-state index < -0.39 is 6.04 Å². The van der Waals surface area contributed by atoms with Gasteiger partial charge >= 0.3 is 0 Å². The molecule has 3 nitrogen and oxygen atoms in total. The molecule has 2 aromatic carbocycles. The summed E-state index contributed by atoms with van der Waals surface area (Å²) in [6.45, 7) is 0. The highest BCUT2D eigenvalue weighted by Gasteiger charge is 2.16. The molecule has 1 atom stereocenters. The molecule has 0 fully saturated rings. The Labute approximate surface area is 123 Å². The Bertz CT molecular complexity index is 768. The van der Waals surface area contributed by atoms with Gasteiger partial charge in [0.15, 0.2) is 5.78 Å². The Hall–Kier alpha value is -2.52. The molecule has 0 saturated heterocycles. The Kier molecular flexibility index (Phi) is 3.75. The number of ketones is 1. The number of carbonyl (C=O) groups is 1. The van der Waals surface area contributed by atoms with Crippen molar-refractivity contribution in [1.82, 2.24) is 4.98 Å². The van der Waals surface area contributed by atoms with Gasteiger partial charge in [-0.15, -0.1) is 0 Å². The maximum absolute atomic E-state index is 12.3. The van der Waals surface area contributed by atoms with Crippen molar-refractivity contribution in [3.05, 3.63) is 78.0 Å². The normalized spacial score (nSPS) is 12.2. The molecular formula is C18H16N2O. The first-order valence-corrected chi connectivity index (χ1v) is 6.92. The maximum atomic E-state index is 12.3. The van der Waals surface area contributed by atoms with Crippen LogP contribution in [0.3, 0.4) is 0 Å². The average Bonchev–Trinajstić information content (AvgIpc) is 2.55. The fourth-order valence-electron chi connectivity index (χ4n) is 2.34. The van der Waals surface area contributed by atoms with Gasteiger partial charge in [0, 0.05) is 11.1 Å². The van der Waals surface area contributed by atoms with Crippen LogP contribution in [0.1, 0.15) is 17.3 Å². The molecule has 0 bridgehead atoms. The predicted molar refractivity (Wildman–Crippen MR) is 83.8 cm³/mol. The van der Waals surface area contributed by atoms with E-state index >= 15 is 0 Å². The molecule has 21 heavy (non-hydrogen) atoms.